The first-order valence-electron chi connectivity index (χ1n) is 5.66. The summed E-state index contributed by atoms with van der Waals surface area (Å²) < 4.78 is 0. The topological polar surface area (TPSA) is 15.6 Å². The molecular weight excluding hydrogens is 208 g/mol. The van der Waals surface area contributed by atoms with E-state index in [1.165, 1.54) is 0 Å². The van der Waals surface area contributed by atoms with Gasteiger partial charge in [0.15, 0.2) is 0 Å². The lowest BCUT2D eigenvalue weighted by molar-refractivity contribution is 1.23. The van der Waals surface area contributed by atoms with Gasteiger partial charge in [-0.05, 0) is 31.2 Å². The predicted octanol–water partition coefficient (Wildman–Crippen LogP) is 3.87. The minimum absolute atomic E-state index is 0.974. The van der Waals surface area contributed by atoms with E-state index in [4.69, 9.17) is 0 Å². The summed E-state index contributed by atoms with van der Waals surface area (Å²) in [7, 11) is 2.02. The van der Waals surface area contributed by atoms with Crippen LogP contribution in [0.3, 0.4) is 0 Å². The molecule has 0 atom stereocenters. The second kappa shape index (κ2) is 5.30. The molecule has 0 fully saturated rings. The lowest BCUT2D eigenvalue weighted by Gasteiger charge is -2.18. The molecule has 0 saturated carbocycles. The first kappa shape index (κ1) is 11.4. The maximum absolute atomic E-state index is 4.58. The number of amidine groups is 1. The Morgan fingerprint density at radius 3 is 2.00 bits per heavy atom. The van der Waals surface area contributed by atoms with Crippen LogP contribution in [0.2, 0.25) is 0 Å². The molecule has 0 unspecified atom stereocenters. The summed E-state index contributed by atoms with van der Waals surface area (Å²) in [5.74, 6) is 0.974. The van der Waals surface area contributed by atoms with Gasteiger partial charge in [-0.2, -0.15) is 0 Å². The molecule has 2 aromatic carbocycles. The standard InChI is InChI=1S/C15H16N2/c1-13(16-14-9-5-3-6-10-14)17(2)15-11-7-4-8-12-15/h3-12H,1-2H3. The molecule has 0 spiro atoms. The molecule has 86 valence electrons. The Balaban J connectivity index is 2.21. The van der Waals surface area contributed by atoms with E-state index in [-0.39, 0.29) is 0 Å². The van der Waals surface area contributed by atoms with Crippen LogP contribution in [0.25, 0.3) is 0 Å². The number of anilines is 1. The molecule has 2 rings (SSSR count). The average Bonchev–Trinajstić information content (AvgIpc) is 2.40. The molecule has 0 aliphatic carbocycles. The molecule has 2 aromatic rings. The highest BCUT2D eigenvalue weighted by atomic mass is 15.2. The van der Waals surface area contributed by atoms with E-state index < -0.39 is 0 Å². The van der Waals surface area contributed by atoms with E-state index >= 15 is 0 Å². The smallest absolute Gasteiger partial charge is 0.106 e. The zero-order valence-corrected chi connectivity index (χ0v) is 10.2. The van der Waals surface area contributed by atoms with Crippen molar-refractivity contribution in [3.05, 3.63) is 60.7 Å². The van der Waals surface area contributed by atoms with Gasteiger partial charge in [0.25, 0.3) is 0 Å². The van der Waals surface area contributed by atoms with Crippen molar-refractivity contribution in [2.75, 3.05) is 11.9 Å². The van der Waals surface area contributed by atoms with Crippen molar-refractivity contribution in [1.82, 2.24) is 0 Å². The fraction of sp³-hybridized carbons (Fsp3) is 0.133. The Hall–Kier alpha value is -2.09. The lowest BCUT2D eigenvalue weighted by atomic mass is 10.3. The number of benzene rings is 2. The third-order valence-electron chi connectivity index (χ3n) is 2.68. The van der Waals surface area contributed by atoms with Gasteiger partial charge >= 0.3 is 0 Å². The summed E-state index contributed by atoms with van der Waals surface area (Å²) in [5, 5.41) is 0. The van der Waals surface area contributed by atoms with E-state index in [9.17, 15) is 0 Å². The lowest BCUT2D eigenvalue weighted by Crippen LogP contribution is -2.22. The number of nitrogens with zero attached hydrogens (tertiary/aromatic N) is 2. The van der Waals surface area contributed by atoms with Crippen molar-refractivity contribution in [2.24, 2.45) is 4.99 Å². The first-order valence-corrected chi connectivity index (χ1v) is 5.66. The van der Waals surface area contributed by atoms with Crippen LogP contribution in [-0.2, 0) is 0 Å². The third-order valence-corrected chi connectivity index (χ3v) is 2.68. The molecule has 0 saturated heterocycles. The number of rotatable bonds is 2. The summed E-state index contributed by atoms with van der Waals surface area (Å²) in [6, 6.07) is 20.2. The maximum Gasteiger partial charge on any atom is 0.106 e. The van der Waals surface area contributed by atoms with Crippen molar-refractivity contribution >= 4 is 17.2 Å². The normalized spacial score (nSPS) is 11.3. The van der Waals surface area contributed by atoms with Crippen molar-refractivity contribution in [1.29, 1.82) is 0 Å². The zero-order chi connectivity index (χ0) is 12.1. The SMILES string of the molecule is CC(=Nc1ccccc1)N(C)c1ccccc1. The van der Waals surface area contributed by atoms with Crippen molar-refractivity contribution in [3.63, 3.8) is 0 Å². The van der Waals surface area contributed by atoms with Crippen LogP contribution in [0.15, 0.2) is 65.7 Å². The molecular formula is C15H16N2. The summed E-state index contributed by atoms with van der Waals surface area (Å²) in [4.78, 5) is 6.65. The minimum Gasteiger partial charge on any atom is -0.333 e. The van der Waals surface area contributed by atoms with Crippen LogP contribution >= 0.6 is 0 Å². The Labute approximate surface area is 102 Å². The Morgan fingerprint density at radius 2 is 1.41 bits per heavy atom. The fourth-order valence-corrected chi connectivity index (χ4v) is 1.60. The van der Waals surface area contributed by atoms with Crippen molar-refractivity contribution < 1.29 is 0 Å². The first-order chi connectivity index (χ1) is 8.27. The Morgan fingerprint density at radius 1 is 0.882 bits per heavy atom. The highest BCUT2D eigenvalue weighted by Gasteiger charge is 2.02. The van der Waals surface area contributed by atoms with Gasteiger partial charge < -0.3 is 4.90 Å². The second-order valence-electron chi connectivity index (χ2n) is 3.89. The van der Waals surface area contributed by atoms with Gasteiger partial charge in [-0.3, -0.25) is 0 Å². The highest BCUT2D eigenvalue weighted by Crippen LogP contribution is 2.15. The molecule has 0 aliphatic heterocycles. The molecule has 17 heavy (non-hydrogen) atoms. The number of para-hydroxylation sites is 2. The van der Waals surface area contributed by atoms with E-state index in [0.29, 0.717) is 0 Å². The minimum atomic E-state index is 0.974. The Kier molecular flexibility index (Phi) is 3.55. The van der Waals surface area contributed by atoms with Crippen molar-refractivity contribution in [3.8, 4) is 0 Å². The monoisotopic (exact) mass is 224 g/mol. The molecule has 0 bridgehead atoms. The summed E-state index contributed by atoms with van der Waals surface area (Å²) in [6.07, 6.45) is 0. The largest absolute Gasteiger partial charge is 0.333 e. The van der Waals surface area contributed by atoms with Crippen LogP contribution < -0.4 is 4.90 Å². The number of aliphatic imine (C=N–C) groups is 1. The van der Waals surface area contributed by atoms with E-state index in [1.807, 2.05) is 62.5 Å². The maximum atomic E-state index is 4.58. The average molecular weight is 224 g/mol. The Bertz CT molecular complexity index is 489. The van der Waals surface area contributed by atoms with Crippen LogP contribution in [0.1, 0.15) is 6.92 Å². The van der Waals surface area contributed by atoms with E-state index in [1.54, 1.807) is 0 Å². The molecule has 0 amide bonds. The summed E-state index contributed by atoms with van der Waals surface area (Å²) >= 11 is 0. The number of hydrogen-bond acceptors (Lipinski definition) is 1. The van der Waals surface area contributed by atoms with Gasteiger partial charge in [-0.1, -0.05) is 36.4 Å². The molecule has 2 nitrogen and oxygen atoms in total. The molecule has 0 heterocycles. The van der Waals surface area contributed by atoms with Crippen molar-refractivity contribution in [2.45, 2.75) is 6.92 Å². The molecule has 0 aromatic heterocycles. The number of hydrogen-bond donors (Lipinski definition) is 0. The summed E-state index contributed by atoms with van der Waals surface area (Å²) in [5.41, 5.74) is 2.12. The molecule has 0 radical (unpaired) electrons. The van der Waals surface area contributed by atoms with Gasteiger partial charge in [-0.25, -0.2) is 4.99 Å². The van der Waals surface area contributed by atoms with Gasteiger partial charge in [0, 0.05) is 12.7 Å². The fourth-order valence-electron chi connectivity index (χ4n) is 1.60. The predicted molar refractivity (Wildman–Crippen MR) is 74.1 cm³/mol. The van der Waals surface area contributed by atoms with Crippen LogP contribution in [0.4, 0.5) is 11.4 Å². The van der Waals surface area contributed by atoms with Gasteiger partial charge in [0.2, 0.25) is 0 Å². The van der Waals surface area contributed by atoms with Gasteiger partial charge in [0.05, 0.1) is 5.69 Å². The van der Waals surface area contributed by atoms with Gasteiger partial charge in [-0.15, -0.1) is 0 Å². The molecule has 0 aliphatic rings. The quantitative estimate of drug-likeness (QED) is 0.558. The summed E-state index contributed by atoms with van der Waals surface area (Å²) in [6.45, 7) is 2.01. The van der Waals surface area contributed by atoms with E-state index in [0.717, 1.165) is 17.2 Å². The van der Waals surface area contributed by atoms with Gasteiger partial charge in [0.1, 0.15) is 5.84 Å². The highest BCUT2D eigenvalue weighted by molar-refractivity contribution is 5.96. The molecule has 0 N–H and O–H groups in total. The molecule has 2 heteroatoms. The third kappa shape index (κ3) is 2.94. The van der Waals surface area contributed by atoms with E-state index in [2.05, 4.69) is 22.0 Å². The van der Waals surface area contributed by atoms with Crippen LogP contribution in [0, 0.1) is 0 Å². The second-order valence-corrected chi connectivity index (χ2v) is 3.89. The van der Waals surface area contributed by atoms with Crippen LogP contribution in [-0.4, -0.2) is 12.9 Å². The van der Waals surface area contributed by atoms with Crippen LogP contribution in [0.5, 0.6) is 0 Å². The zero-order valence-electron chi connectivity index (χ0n) is 10.2.